The van der Waals surface area contributed by atoms with Gasteiger partial charge in [-0.3, -0.25) is 4.79 Å². The molecule has 1 atom stereocenters. The monoisotopic (exact) mass is 348 g/mol. The van der Waals surface area contributed by atoms with Gasteiger partial charge >= 0.3 is 0 Å². The lowest BCUT2D eigenvalue weighted by molar-refractivity contribution is -0.133. The Morgan fingerprint density at radius 2 is 2.08 bits per heavy atom. The molecule has 5 nitrogen and oxygen atoms in total. The van der Waals surface area contributed by atoms with Crippen LogP contribution in [0.4, 0.5) is 9.52 Å². The quantitative estimate of drug-likeness (QED) is 0.852. The molecule has 1 aliphatic rings. The van der Waals surface area contributed by atoms with Gasteiger partial charge in [0.05, 0.1) is 0 Å². The van der Waals surface area contributed by atoms with Crippen LogP contribution in [0, 0.1) is 5.82 Å². The highest BCUT2D eigenvalue weighted by molar-refractivity contribution is 7.09. The normalized spacial score (nSPS) is 18.0. The fourth-order valence-electron chi connectivity index (χ4n) is 2.93. The van der Waals surface area contributed by atoms with E-state index in [0.717, 1.165) is 36.2 Å². The zero-order valence-electron chi connectivity index (χ0n) is 13.9. The molecule has 1 aromatic carbocycles. The summed E-state index contributed by atoms with van der Waals surface area (Å²) in [5.74, 6) is 0.719. The SMILES string of the molecule is CCC(=O)N1CCN(c2nc(Cc3ccc(F)cc3)ns2)C[C@@H]1C. The predicted octanol–water partition coefficient (Wildman–Crippen LogP) is 2.72. The molecule has 1 amide bonds. The Hall–Kier alpha value is -2.02. The van der Waals surface area contributed by atoms with Gasteiger partial charge in [-0.1, -0.05) is 19.1 Å². The highest BCUT2D eigenvalue weighted by Gasteiger charge is 2.28. The van der Waals surface area contributed by atoms with Gasteiger partial charge in [0.25, 0.3) is 0 Å². The fourth-order valence-corrected chi connectivity index (χ4v) is 3.65. The summed E-state index contributed by atoms with van der Waals surface area (Å²) in [6, 6.07) is 6.60. The zero-order chi connectivity index (χ0) is 17.1. The average Bonchev–Trinajstić information content (AvgIpc) is 3.05. The van der Waals surface area contributed by atoms with Crippen molar-refractivity contribution in [2.45, 2.75) is 32.7 Å². The van der Waals surface area contributed by atoms with Crippen molar-refractivity contribution >= 4 is 22.6 Å². The number of anilines is 1. The van der Waals surface area contributed by atoms with Crippen molar-refractivity contribution in [3.8, 4) is 0 Å². The number of amides is 1. The minimum atomic E-state index is -0.237. The Kier molecular flexibility index (Phi) is 5.08. The van der Waals surface area contributed by atoms with Crippen LogP contribution >= 0.6 is 11.5 Å². The molecule has 1 aliphatic heterocycles. The van der Waals surface area contributed by atoms with Gasteiger partial charge in [-0.15, -0.1) is 0 Å². The molecule has 2 heterocycles. The number of hydrogen-bond acceptors (Lipinski definition) is 5. The molecule has 0 aliphatic carbocycles. The molecule has 24 heavy (non-hydrogen) atoms. The van der Waals surface area contributed by atoms with Crippen molar-refractivity contribution in [3.63, 3.8) is 0 Å². The molecule has 1 saturated heterocycles. The highest BCUT2D eigenvalue weighted by Crippen LogP contribution is 2.22. The second kappa shape index (κ2) is 7.25. The number of hydrogen-bond donors (Lipinski definition) is 0. The maximum atomic E-state index is 13.0. The van der Waals surface area contributed by atoms with Crippen LogP contribution in [0.15, 0.2) is 24.3 Å². The van der Waals surface area contributed by atoms with Gasteiger partial charge in [0, 0.05) is 50.1 Å². The van der Waals surface area contributed by atoms with Crippen LogP contribution in [0.3, 0.4) is 0 Å². The smallest absolute Gasteiger partial charge is 0.222 e. The lowest BCUT2D eigenvalue weighted by Gasteiger charge is -2.39. The summed E-state index contributed by atoms with van der Waals surface area (Å²) in [5, 5.41) is 0.891. The van der Waals surface area contributed by atoms with E-state index >= 15 is 0 Å². The Labute approximate surface area is 145 Å². The highest BCUT2D eigenvalue weighted by atomic mass is 32.1. The molecule has 1 fully saturated rings. The van der Waals surface area contributed by atoms with E-state index < -0.39 is 0 Å². The number of rotatable bonds is 4. The van der Waals surface area contributed by atoms with Gasteiger partial charge in [0.15, 0.2) is 0 Å². The third kappa shape index (κ3) is 3.72. The first-order valence-corrected chi connectivity index (χ1v) is 8.95. The van der Waals surface area contributed by atoms with Gasteiger partial charge in [-0.05, 0) is 24.6 Å². The minimum absolute atomic E-state index is 0.177. The molecule has 0 spiro atoms. The Bertz CT molecular complexity index is 703. The first-order valence-electron chi connectivity index (χ1n) is 8.18. The maximum Gasteiger partial charge on any atom is 0.222 e. The van der Waals surface area contributed by atoms with E-state index in [1.165, 1.54) is 23.7 Å². The largest absolute Gasteiger partial charge is 0.343 e. The van der Waals surface area contributed by atoms with Crippen molar-refractivity contribution < 1.29 is 9.18 Å². The van der Waals surface area contributed by atoms with Crippen LogP contribution in [-0.2, 0) is 11.2 Å². The number of aromatic nitrogens is 2. The molecule has 3 rings (SSSR count). The summed E-state index contributed by atoms with van der Waals surface area (Å²) < 4.78 is 17.4. The predicted molar refractivity (Wildman–Crippen MR) is 92.8 cm³/mol. The summed E-state index contributed by atoms with van der Waals surface area (Å²) in [4.78, 5) is 20.7. The number of piperazine rings is 1. The number of benzene rings is 1. The van der Waals surface area contributed by atoms with Crippen molar-refractivity contribution in [2.24, 2.45) is 0 Å². The number of carbonyl (C=O) groups excluding carboxylic acids is 1. The minimum Gasteiger partial charge on any atom is -0.343 e. The standard InChI is InChI=1S/C17H21FN4OS/c1-3-16(23)22-9-8-21(11-12(22)2)17-19-15(20-24-17)10-13-4-6-14(18)7-5-13/h4-7,12H,3,8-11H2,1-2H3/t12-/m0/s1. The lowest BCUT2D eigenvalue weighted by Crippen LogP contribution is -2.54. The number of carbonyl (C=O) groups is 1. The maximum absolute atomic E-state index is 13.0. The molecule has 0 N–H and O–H groups in total. The van der Waals surface area contributed by atoms with Crippen LogP contribution in [0.25, 0.3) is 0 Å². The van der Waals surface area contributed by atoms with Crippen LogP contribution in [0.1, 0.15) is 31.7 Å². The van der Waals surface area contributed by atoms with Gasteiger partial charge in [0.1, 0.15) is 11.6 Å². The van der Waals surface area contributed by atoms with Crippen LogP contribution in [-0.4, -0.2) is 45.8 Å². The van der Waals surface area contributed by atoms with E-state index in [4.69, 9.17) is 0 Å². The number of nitrogens with zero attached hydrogens (tertiary/aromatic N) is 4. The van der Waals surface area contributed by atoms with Crippen LogP contribution in [0.5, 0.6) is 0 Å². The van der Waals surface area contributed by atoms with E-state index in [1.54, 1.807) is 12.1 Å². The Morgan fingerprint density at radius 3 is 2.75 bits per heavy atom. The first kappa shape index (κ1) is 16.8. The van der Waals surface area contributed by atoms with E-state index in [1.807, 2.05) is 11.8 Å². The molecule has 1 aromatic heterocycles. The van der Waals surface area contributed by atoms with Crippen molar-refractivity contribution in [1.29, 1.82) is 0 Å². The molecule has 0 radical (unpaired) electrons. The summed E-state index contributed by atoms with van der Waals surface area (Å²) in [6.45, 7) is 6.24. The van der Waals surface area contributed by atoms with Gasteiger partial charge in [0.2, 0.25) is 11.0 Å². The molecule has 0 unspecified atom stereocenters. The molecular weight excluding hydrogens is 327 g/mol. The Morgan fingerprint density at radius 1 is 1.33 bits per heavy atom. The van der Waals surface area contributed by atoms with E-state index in [9.17, 15) is 9.18 Å². The summed E-state index contributed by atoms with van der Waals surface area (Å²) >= 11 is 1.38. The molecule has 128 valence electrons. The van der Waals surface area contributed by atoms with Gasteiger partial charge in [-0.25, -0.2) is 9.37 Å². The zero-order valence-corrected chi connectivity index (χ0v) is 14.7. The summed E-state index contributed by atoms with van der Waals surface area (Å²) in [7, 11) is 0. The topological polar surface area (TPSA) is 49.3 Å². The third-order valence-corrected chi connectivity index (χ3v) is 5.07. The summed E-state index contributed by atoms with van der Waals surface area (Å²) in [6.07, 6.45) is 1.14. The van der Waals surface area contributed by atoms with E-state index in [-0.39, 0.29) is 17.8 Å². The lowest BCUT2D eigenvalue weighted by atomic mass is 10.1. The summed E-state index contributed by atoms with van der Waals surface area (Å²) in [5.41, 5.74) is 0.993. The van der Waals surface area contributed by atoms with Gasteiger partial charge < -0.3 is 9.80 Å². The Balaban J connectivity index is 1.63. The van der Waals surface area contributed by atoms with Crippen molar-refractivity contribution in [2.75, 3.05) is 24.5 Å². The fraction of sp³-hybridized carbons (Fsp3) is 0.471. The van der Waals surface area contributed by atoms with Crippen LogP contribution in [0.2, 0.25) is 0 Å². The van der Waals surface area contributed by atoms with Crippen LogP contribution < -0.4 is 4.90 Å². The second-order valence-electron chi connectivity index (χ2n) is 6.03. The molecule has 7 heteroatoms. The van der Waals surface area contributed by atoms with E-state index in [0.29, 0.717) is 12.8 Å². The molecular formula is C17H21FN4OS. The van der Waals surface area contributed by atoms with E-state index in [2.05, 4.69) is 21.2 Å². The average molecular weight is 348 g/mol. The molecule has 2 aromatic rings. The second-order valence-corrected chi connectivity index (χ2v) is 6.76. The molecule has 0 saturated carbocycles. The van der Waals surface area contributed by atoms with Gasteiger partial charge in [-0.2, -0.15) is 4.37 Å². The third-order valence-electron chi connectivity index (χ3n) is 4.25. The van der Waals surface area contributed by atoms with Crippen molar-refractivity contribution in [1.82, 2.24) is 14.3 Å². The first-order chi connectivity index (χ1) is 11.6. The van der Waals surface area contributed by atoms with Crippen molar-refractivity contribution in [3.05, 3.63) is 41.5 Å². The number of halogens is 1. The molecule has 0 bridgehead atoms.